The number of Topliss-reactive ketones (excluding diaryl/α,β-unsaturated/α-hetero) is 1. The summed E-state index contributed by atoms with van der Waals surface area (Å²) in [5.41, 5.74) is -4.76. The van der Waals surface area contributed by atoms with Crippen LogP contribution in [0.3, 0.4) is 0 Å². The summed E-state index contributed by atoms with van der Waals surface area (Å²) in [6.45, 7) is 8.07. The van der Waals surface area contributed by atoms with Crippen molar-refractivity contribution >= 4 is 29.6 Å². The number of carbonyl (C=O) groups is 3. The van der Waals surface area contributed by atoms with Crippen LogP contribution in [0.1, 0.15) is 66.7 Å². The van der Waals surface area contributed by atoms with Gasteiger partial charge in [0.25, 0.3) is 0 Å². The van der Waals surface area contributed by atoms with Crippen molar-refractivity contribution in [3.05, 3.63) is 23.0 Å². The Kier molecular flexibility index (Phi) is 6.89. The van der Waals surface area contributed by atoms with Gasteiger partial charge < -0.3 is 24.1 Å². The number of aliphatic hydroxyl groups excluding tert-OH is 1. The summed E-state index contributed by atoms with van der Waals surface area (Å²) < 4.78 is 41.3. The maximum Gasteiger partial charge on any atom is 0.303 e. The smallest absolute Gasteiger partial charge is 0.303 e. The summed E-state index contributed by atoms with van der Waals surface area (Å²) in [5, 5.41) is 11.8. The molecule has 1 saturated heterocycles. The zero-order chi connectivity index (χ0) is 28.6. The highest BCUT2D eigenvalue weighted by atomic mass is 35.5. The molecule has 8 atom stereocenters. The second kappa shape index (κ2) is 9.36. The number of aldehydes is 1. The molecule has 1 heterocycles. The van der Waals surface area contributed by atoms with Gasteiger partial charge in [-0.2, -0.15) is 0 Å². The highest BCUT2D eigenvalue weighted by Crippen LogP contribution is 2.72. The minimum absolute atomic E-state index is 0.0506. The molecule has 0 aromatic heterocycles. The van der Waals surface area contributed by atoms with Crippen molar-refractivity contribution in [1.82, 2.24) is 0 Å². The Hall–Kier alpha value is -1.81. The number of ether oxygens (including phenoxy) is 4. The molecule has 0 radical (unpaired) electrons. The summed E-state index contributed by atoms with van der Waals surface area (Å²) in [6.07, 6.45) is 1.52. The average Bonchev–Trinajstić information content (AvgIpc) is 3.27. The van der Waals surface area contributed by atoms with E-state index >= 15 is 4.39 Å². The molecule has 3 fully saturated rings. The summed E-state index contributed by atoms with van der Waals surface area (Å²) in [6, 6.07) is 0. The molecule has 39 heavy (non-hydrogen) atoms. The van der Waals surface area contributed by atoms with E-state index in [-0.39, 0.29) is 12.8 Å². The Morgan fingerprint density at radius 2 is 1.97 bits per heavy atom. The zero-order valence-corrected chi connectivity index (χ0v) is 23.9. The first kappa shape index (κ1) is 28.7. The molecule has 5 aliphatic rings. The lowest BCUT2D eigenvalue weighted by Gasteiger charge is -2.63. The number of allylic oxidation sites excluding steroid dienone is 4. The molecule has 0 bridgehead atoms. The van der Waals surface area contributed by atoms with Gasteiger partial charge in [-0.1, -0.05) is 13.8 Å². The standard InChI is InChI=1S/C29H38ClFO8/c1-16(33)37-15-23(35)29-24(38-25(2,3)39-29)12-20-21-10-17(14-32)19-11-18(36-9-8-30)6-7-26(19,4)28(21,31)22(34)13-27(20,29)5/h11,14,20-22,24,34H,6-10,12-13,15H2,1-5H3/t20-,21-,22-,24-,26-,27-,28-,29-/m0/s1. The Labute approximate surface area is 233 Å². The number of hydrogen-bond donors (Lipinski definition) is 1. The first-order chi connectivity index (χ1) is 18.2. The van der Waals surface area contributed by atoms with Crippen LogP contribution in [0.4, 0.5) is 4.39 Å². The summed E-state index contributed by atoms with van der Waals surface area (Å²) in [7, 11) is 0. The molecular weight excluding hydrogens is 531 g/mol. The molecule has 0 spiro atoms. The van der Waals surface area contributed by atoms with Gasteiger partial charge >= 0.3 is 5.97 Å². The van der Waals surface area contributed by atoms with Crippen LogP contribution >= 0.6 is 11.6 Å². The lowest BCUT2D eigenvalue weighted by molar-refractivity contribution is -0.248. The molecule has 0 aromatic carbocycles. The highest BCUT2D eigenvalue weighted by Gasteiger charge is 2.80. The first-order valence-corrected chi connectivity index (χ1v) is 14.2. The molecule has 0 amide bonds. The van der Waals surface area contributed by atoms with Crippen molar-refractivity contribution in [3.63, 3.8) is 0 Å². The van der Waals surface area contributed by atoms with Crippen molar-refractivity contribution < 1.29 is 42.8 Å². The number of halogens is 2. The van der Waals surface area contributed by atoms with Crippen LogP contribution in [-0.2, 0) is 33.3 Å². The number of esters is 1. The number of ketones is 1. The number of carbonyl (C=O) groups excluding carboxylic acids is 3. The molecule has 2 saturated carbocycles. The van der Waals surface area contributed by atoms with Crippen LogP contribution < -0.4 is 0 Å². The highest BCUT2D eigenvalue weighted by molar-refractivity contribution is 6.18. The van der Waals surface area contributed by atoms with Crippen LogP contribution in [0.5, 0.6) is 0 Å². The van der Waals surface area contributed by atoms with E-state index in [2.05, 4.69) is 0 Å². The topological polar surface area (TPSA) is 108 Å². The van der Waals surface area contributed by atoms with E-state index in [1.165, 1.54) is 6.92 Å². The lowest BCUT2D eigenvalue weighted by atomic mass is 9.44. The second-order valence-corrected chi connectivity index (χ2v) is 13.0. The van der Waals surface area contributed by atoms with E-state index in [9.17, 15) is 19.5 Å². The third kappa shape index (κ3) is 3.82. The Morgan fingerprint density at radius 1 is 1.26 bits per heavy atom. The van der Waals surface area contributed by atoms with E-state index in [4.69, 9.17) is 30.5 Å². The van der Waals surface area contributed by atoms with E-state index in [1.54, 1.807) is 26.8 Å². The van der Waals surface area contributed by atoms with Gasteiger partial charge in [0.15, 0.2) is 18.0 Å². The van der Waals surface area contributed by atoms with Gasteiger partial charge in [-0.3, -0.25) is 14.4 Å². The van der Waals surface area contributed by atoms with E-state index in [0.29, 0.717) is 48.7 Å². The summed E-state index contributed by atoms with van der Waals surface area (Å²) in [5.74, 6) is -2.43. The predicted octanol–water partition coefficient (Wildman–Crippen LogP) is 3.96. The monoisotopic (exact) mass is 568 g/mol. The molecule has 0 aromatic rings. The van der Waals surface area contributed by atoms with Gasteiger partial charge in [-0.25, -0.2) is 4.39 Å². The maximum atomic E-state index is 17.8. The SMILES string of the molecule is CC(=O)OCC(=O)[C@]12OC(C)(C)O[C@H]1C[C@H]1[C@@H]3CC(C=O)=C4C=C(OCCCl)CC[C@]4(C)[C@@]3(F)[C@@H](O)C[C@@]12C. The van der Waals surface area contributed by atoms with Gasteiger partial charge in [0.05, 0.1) is 23.8 Å². The minimum atomic E-state index is -2.07. The average molecular weight is 569 g/mol. The second-order valence-electron chi connectivity index (χ2n) is 12.6. The quantitative estimate of drug-likeness (QED) is 0.279. The number of alkyl halides is 2. The normalized spacial score (nSPS) is 43.9. The van der Waals surface area contributed by atoms with Gasteiger partial charge in [0.2, 0.25) is 5.78 Å². The van der Waals surface area contributed by atoms with Gasteiger partial charge in [0, 0.05) is 30.1 Å². The van der Waals surface area contributed by atoms with E-state index < -0.39 is 70.3 Å². The molecular formula is C29H38ClFO8. The Balaban J connectivity index is 1.61. The molecule has 5 rings (SSSR count). The van der Waals surface area contributed by atoms with Gasteiger partial charge in [-0.15, -0.1) is 11.6 Å². The summed E-state index contributed by atoms with van der Waals surface area (Å²) in [4.78, 5) is 37.8. The Morgan fingerprint density at radius 3 is 2.62 bits per heavy atom. The molecule has 10 heteroatoms. The van der Waals surface area contributed by atoms with E-state index in [1.807, 2.05) is 6.92 Å². The molecule has 8 nitrogen and oxygen atoms in total. The van der Waals surface area contributed by atoms with Gasteiger partial charge in [0.1, 0.15) is 18.6 Å². The van der Waals surface area contributed by atoms with Crippen molar-refractivity contribution in [1.29, 1.82) is 0 Å². The number of rotatable bonds is 7. The fourth-order valence-corrected chi connectivity index (χ4v) is 8.83. The van der Waals surface area contributed by atoms with E-state index in [0.717, 1.165) is 6.29 Å². The van der Waals surface area contributed by atoms with Crippen molar-refractivity contribution in [2.24, 2.45) is 22.7 Å². The molecule has 216 valence electrons. The fourth-order valence-electron chi connectivity index (χ4n) is 8.75. The molecule has 0 unspecified atom stereocenters. The third-order valence-electron chi connectivity index (χ3n) is 10.3. The van der Waals surface area contributed by atoms with Crippen LogP contribution in [0.15, 0.2) is 23.0 Å². The van der Waals surface area contributed by atoms with Crippen molar-refractivity contribution in [3.8, 4) is 0 Å². The van der Waals surface area contributed by atoms with Crippen molar-refractivity contribution in [2.75, 3.05) is 19.1 Å². The minimum Gasteiger partial charge on any atom is -0.497 e. The fraction of sp³-hybridized carbons (Fsp3) is 0.759. The first-order valence-electron chi connectivity index (χ1n) is 13.7. The Bertz CT molecular complexity index is 1150. The molecule has 4 aliphatic carbocycles. The zero-order valence-electron chi connectivity index (χ0n) is 23.2. The van der Waals surface area contributed by atoms with Crippen LogP contribution in [0, 0.1) is 22.7 Å². The number of aliphatic hydroxyl groups is 1. The maximum absolute atomic E-state index is 17.8. The molecule has 1 N–H and O–H groups in total. The molecule has 1 aliphatic heterocycles. The van der Waals surface area contributed by atoms with Crippen LogP contribution in [-0.4, -0.2) is 71.5 Å². The number of hydrogen-bond acceptors (Lipinski definition) is 8. The largest absolute Gasteiger partial charge is 0.497 e. The van der Waals surface area contributed by atoms with Gasteiger partial charge in [-0.05, 0) is 62.7 Å². The predicted molar refractivity (Wildman–Crippen MR) is 138 cm³/mol. The summed E-state index contributed by atoms with van der Waals surface area (Å²) >= 11 is 5.78. The van der Waals surface area contributed by atoms with Crippen LogP contribution in [0.2, 0.25) is 0 Å². The van der Waals surface area contributed by atoms with Crippen LogP contribution in [0.25, 0.3) is 0 Å². The van der Waals surface area contributed by atoms with Crippen molar-refractivity contribution in [2.45, 2.75) is 96.0 Å². The third-order valence-corrected chi connectivity index (χ3v) is 10.4. The lowest BCUT2D eigenvalue weighted by Crippen LogP contribution is -2.70. The number of fused-ring (bicyclic) bond motifs is 7.